The van der Waals surface area contributed by atoms with Crippen LogP contribution in [0.4, 0.5) is 8.78 Å². The molecule has 1 N–H and O–H groups in total. The molecule has 0 atom stereocenters. The molecule has 30 heavy (non-hydrogen) atoms. The van der Waals surface area contributed by atoms with Gasteiger partial charge in [0.2, 0.25) is 0 Å². The molecule has 2 heterocycles. The highest BCUT2D eigenvalue weighted by atomic mass is 127. The lowest BCUT2D eigenvalue weighted by Gasteiger charge is -2.07. The third kappa shape index (κ3) is 5.10. The number of halogens is 4. The number of aromatic nitrogens is 4. The summed E-state index contributed by atoms with van der Waals surface area (Å²) in [6, 6.07) is 12.1. The van der Waals surface area contributed by atoms with Gasteiger partial charge in [-0.1, -0.05) is 0 Å². The van der Waals surface area contributed by atoms with Gasteiger partial charge < -0.3 is 5.11 Å². The Labute approximate surface area is 197 Å². The second kappa shape index (κ2) is 10.2. The Kier molecular flexibility index (Phi) is 7.66. The number of hydrogen-bond acceptors (Lipinski definition) is 4. The molecule has 0 radical (unpaired) electrons. The van der Waals surface area contributed by atoms with Crippen molar-refractivity contribution in [2.45, 2.75) is 6.61 Å². The number of carbonyl (C=O) groups is 1. The molecule has 4 aromatic rings. The molecule has 0 spiro atoms. The average Bonchev–Trinajstić information content (AvgIpc) is 3.37. The molecule has 0 bridgehead atoms. The van der Waals surface area contributed by atoms with Crippen LogP contribution in [0.2, 0.25) is 0 Å². The minimum Gasteiger partial charge on any atom is -0.390 e. The molecule has 0 aliphatic rings. The molecule has 0 aliphatic heterocycles. The van der Waals surface area contributed by atoms with Crippen molar-refractivity contribution in [2.24, 2.45) is 0 Å². The van der Waals surface area contributed by atoms with E-state index in [4.69, 9.17) is 5.11 Å². The summed E-state index contributed by atoms with van der Waals surface area (Å²) < 4.78 is 30.3. The van der Waals surface area contributed by atoms with Gasteiger partial charge in [0.1, 0.15) is 17.3 Å². The molecule has 0 saturated heterocycles. The highest BCUT2D eigenvalue weighted by Crippen LogP contribution is 2.20. The van der Waals surface area contributed by atoms with Gasteiger partial charge in [-0.05, 0) is 93.7 Å². The summed E-state index contributed by atoms with van der Waals surface area (Å²) in [5.41, 5.74) is 2.59. The summed E-state index contributed by atoms with van der Waals surface area (Å²) in [5, 5.41) is 17.2. The fraction of sp³-hybridized carbons (Fsp3) is 0.0500. The van der Waals surface area contributed by atoms with Crippen molar-refractivity contribution >= 4 is 51.5 Å². The monoisotopic (exact) mass is 634 g/mol. The molecule has 0 amide bonds. The molecule has 4 rings (SSSR count). The Bertz CT molecular complexity index is 1180. The maximum Gasteiger partial charge on any atom is 0.168 e. The predicted molar refractivity (Wildman–Crippen MR) is 124 cm³/mol. The van der Waals surface area contributed by atoms with Gasteiger partial charge in [-0.25, -0.2) is 18.1 Å². The van der Waals surface area contributed by atoms with Gasteiger partial charge in [0, 0.05) is 13.3 Å². The number of carbonyl (C=O) groups excluding carboxylic acids is 1. The summed E-state index contributed by atoms with van der Waals surface area (Å²) >= 11 is 4.04. The Hall–Kier alpha value is -2.19. The van der Waals surface area contributed by atoms with Crippen LogP contribution in [0.3, 0.4) is 0 Å². The third-order valence-corrected chi connectivity index (χ3v) is 5.68. The molecule has 0 unspecified atom stereocenters. The first-order valence-corrected chi connectivity index (χ1v) is 10.6. The first-order valence-electron chi connectivity index (χ1n) is 8.48. The second-order valence-corrected chi connectivity index (χ2v) is 8.19. The van der Waals surface area contributed by atoms with Gasteiger partial charge in [0.15, 0.2) is 6.29 Å². The van der Waals surface area contributed by atoms with Crippen LogP contribution in [-0.2, 0) is 6.61 Å². The van der Waals surface area contributed by atoms with Crippen LogP contribution in [0.25, 0.3) is 11.4 Å². The van der Waals surface area contributed by atoms with E-state index in [0.717, 1.165) is 9.26 Å². The van der Waals surface area contributed by atoms with E-state index in [-0.39, 0.29) is 18.2 Å². The van der Waals surface area contributed by atoms with E-state index in [1.165, 1.54) is 35.1 Å². The van der Waals surface area contributed by atoms with Crippen LogP contribution in [0.5, 0.6) is 0 Å². The molecule has 2 aromatic heterocycles. The van der Waals surface area contributed by atoms with Crippen molar-refractivity contribution in [3.05, 3.63) is 91.1 Å². The quantitative estimate of drug-likeness (QED) is 0.265. The standard InChI is InChI=1S/C10H8FIN2O.C10H6FIN2O/c2*11-7-1-2-10(9(12)5-7)14-8(6-15)3-4-13-14/h1-5,15H,6H2;1-6H. The number of rotatable bonds is 4. The summed E-state index contributed by atoms with van der Waals surface area (Å²) in [7, 11) is 0. The topological polar surface area (TPSA) is 72.9 Å². The zero-order valence-electron chi connectivity index (χ0n) is 15.2. The fourth-order valence-electron chi connectivity index (χ4n) is 2.58. The summed E-state index contributed by atoms with van der Waals surface area (Å²) in [6.07, 6.45) is 3.85. The molecular formula is C20H14F2I2N4O2. The molecule has 0 fully saturated rings. The van der Waals surface area contributed by atoms with E-state index in [2.05, 4.69) is 10.2 Å². The van der Waals surface area contributed by atoms with Crippen LogP contribution in [0.1, 0.15) is 16.2 Å². The fourth-order valence-corrected chi connectivity index (χ4v) is 3.99. The van der Waals surface area contributed by atoms with Crippen LogP contribution in [-0.4, -0.2) is 31.0 Å². The molecule has 0 aliphatic carbocycles. The second-order valence-electron chi connectivity index (χ2n) is 5.87. The van der Waals surface area contributed by atoms with Gasteiger partial charge >= 0.3 is 0 Å². The Morgan fingerprint density at radius 1 is 0.867 bits per heavy atom. The normalized spacial score (nSPS) is 10.4. The zero-order chi connectivity index (χ0) is 21.7. The third-order valence-electron chi connectivity index (χ3n) is 3.95. The molecule has 0 saturated carbocycles. The Morgan fingerprint density at radius 3 is 1.93 bits per heavy atom. The molecule has 2 aromatic carbocycles. The van der Waals surface area contributed by atoms with Gasteiger partial charge in [-0.3, -0.25) is 4.79 Å². The van der Waals surface area contributed by atoms with E-state index < -0.39 is 0 Å². The largest absolute Gasteiger partial charge is 0.390 e. The number of hydrogen-bond donors (Lipinski definition) is 1. The smallest absolute Gasteiger partial charge is 0.168 e. The number of aliphatic hydroxyl groups is 1. The summed E-state index contributed by atoms with van der Waals surface area (Å²) in [6.45, 7) is -0.0898. The maximum absolute atomic E-state index is 12.9. The predicted octanol–water partition coefficient (Wildman–Crippen LogP) is 4.54. The highest BCUT2D eigenvalue weighted by molar-refractivity contribution is 14.1. The minimum atomic E-state index is -0.303. The van der Waals surface area contributed by atoms with Crippen molar-refractivity contribution in [3.8, 4) is 11.4 Å². The maximum atomic E-state index is 12.9. The van der Waals surface area contributed by atoms with E-state index in [1.54, 1.807) is 35.1 Å². The molecule has 10 heteroatoms. The zero-order valence-corrected chi connectivity index (χ0v) is 19.5. The highest BCUT2D eigenvalue weighted by Gasteiger charge is 2.09. The van der Waals surface area contributed by atoms with Gasteiger partial charge in [0.05, 0.1) is 29.9 Å². The van der Waals surface area contributed by atoms with Crippen molar-refractivity contribution in [1.82, 2.24) is 19.6 Å². The number of aliphatic hydroxyl groups excluding tert-OH is 1. The SMILES string of the molecule is O=Cc1ccnn1-c1ccc(F)cc1I.OCc1ccnn1-c1ccc(F)cc1I. The minimum absolute atomic E-state index is 0.0898. The van der Waals surface area contributed by atoms with Crippen LogP contribution >= 0.6 is 45.2 Å². The van der Waals surface area contributed by atoms with Gasteiger partial charge in [-0.15, -0.1) is 0 Å². The first kappa shape index (κ1) is 22.5. The Morgan fingerprint density at radius 2 is 1.40 bits per heavy atom. The molecule has 154 valence electrons. The first-order chi connectivity index (χ1) is 14.4. The molecule has 6 nitrogen and oxygen atoms in total. The lowest BCUT2D eigenvalue weighted by atomic mass is 10.3. The lowest BCUT2D eigenvalue weighted by Crippen LogP contribution is -2.04. The van der Waals surface area contributed by atoms with E-state index in [9.17, 15) is 13.6 Å². The van der Waals surface area contributed by atoms with Crippen molar-refractivity contribution < 1.29 is 18.7 Å². The summed E-state index contributed by atoms with van der Waals surface area (Å²) in [5.74, 6) is -0.580. The van der Waals surface area contributed by atoms with E-state index >= 15 is 0 Å². The van der Waals surface area contributed by atoms with Crippen LogP contribution in [0, 0.1) is 18.8 Å². The Balaban J connectivity index is 0.000000171. The van der Waals surface area contributed by atoms with Crippen LogP contribution in [0.15, 0.2) is 60.9 Å². The van der Waals surface area contributed by atoms with Gasteiger partial charge in [-0.2, -0.15) is 10.2 Å². The average molecular weight is 634 g/mol. The van der Waals surface area contributed by atoms with E-state index in [0.29, 0.717) is 26.9 Å². The van der Waals surface area contributed by atoms with Gasteiger partial charge in [0.25, 0.3) is 0 Å². The summed E-state index contributed by atoms with van der Waals surface area (Å²) in [4.78, 5) is 10.7. The van der Waals surface area contributed by atoms with Crippen molar-refractivity contribution in [2.75, 3.05) is 0 Å². The molecular weight excluding hydrogens is 620 g/mol. The number of nitrogens with zero attached hydrogens (tertiary/aromatic N) is 4. The number of aldehydes is 1. The van der Waals surface area contributed by atoms with Crippen molar-refractivity contribution in [1.29, 1.82) is 0 Å². The lowest BCUT2D eigenvalue weighted by molar-refractivity contribution is 0.111. The van der Waals surface area contributed by atoms with Crippen molar-refractivity contribution in [3.63, 3.8) is 0 Å². The number of benzene rings is 2. The van der Waals surface area contributed by atoms with Crippen LogP contribution < -0.4 is 0 Å². The van der Waals surface area contributed by atoms with E-state index in [1.807, 2.05) is 45.2 Å².